The number of aliphatic hydroxyl groups excluding tert-OH is 1. The van der Waals surface area contributed by atoms with Gasteiger partial charge in [0.1, 0.15) is 5.69 Å². The van der Waals surface area contributed by atoms with E-state index >= 15 is 0 Å². The number of hydrogen-bond donors (Lipinski definition) is 2. The van der Waals surface area contributed by atoms with Crippen molar-refractivity contribution in [3.8, 4) is 22.8 Å². The van der Waals surface area contributed by atoms with E-state index < -0.39 is 0 Å². The van der Waals surface area contributed by atoms with E-state index in [2.05, 4.69) is 40.5 Å². The zero-order chi connectivity index (χ0) is 18.9. The van der Waals surface area contributed by atoms with E-state index in [9.17, 15) is 5.11 Å². The molecule has 1 aliphatic rings. The molecule has 0 unspecified atom stereocenters. The van der Waals surface area contributed by atoms with Crippen LogP contribution in [0.25, 0.3) is 28.4 Å². The number of rotatable bonds is 4. The molecule has 1 saturated heterocycles. The van der Waals surface area contributed by atoms with Gasteiger partial charge in [0.25, 0.3) is 0 Å². The highest BCUT2D eigenvalue weighted by Gasteiger charge is 2.20. The Bertz CT molecular complexity index is 1090. The first-order valence-corrected chi connectivity index (χ1v) is 8.84. The zero-order valence-electron chi connectivity index (χ0n) is 14.9. The molecule has 0 spiro atoms. The number of anilines is 1. The van der Waals surface area contributed by atoms with E-state index in [4.69, 9.17) is 4.74 Å². The SMILES string of the molecule is OCc1cn2c(-c3ccc(-c4nn[nH]n4)nc3)cnc(N3CCOCC3)c2n1. The summed E-state index contributed by atoms with van der Waals surface area (Å²) in [6.07, 6.45) is 5.35. The maximum absolute atomic E-state index is 9.58. The Morgan fingerprint density at radius 3 is 2.75 bits per heavy atom. The average Bonchev–Trinajstić information content (AvgIpc) is 3.44. The lowest BCUT2D eigenvalue weighted by molar-refractivity contribution is 0.122. The van der Waals surface area contributed by atoms with Crippen LogP contribution in [0.1, 0.15) is 5.69 Å². The molecule has 5 heterocycles. The number of morpholine rings is 1. The number of pyridine rings is 1. The Hall–Kier alpha value is -3.44. The number of tetrazole rings is 1. The summed E-state index contributed by atoms with van der Waals surface area (Å²) in [5.41, 5.74) is 3.59. The second-order valence-corrected chi connectivity index (χ2v) is 6.32. The van der Waals surface area contributed by atoms with Crippen LogP contribution in [0.4, 0.5) is 5.82 Å². The van der Waals surface area contributed by atoms with Crippen molar-refractivity contribution in [1.29, 1.82) is 0 Å². The Morgan fingerprint density at radius 1 is 1.14 bits per heavy atom. The number of imidazole rings is 1. The molecular formula is C17H17N9O2. The minimum Gasteiger partial charge on any atom is -0.390 e. The van der Waals surface area contributed by atoms with Crippen LogP contribution in [0, 0.1) is 0 Å². The summed E-state index contributed by atoms with van der Waals surface area (Å²) in [6.45, 7) is 2.68. The Kier molecular flexibility index (Phi) is 4.14. The molecule has 0 radical (unpaired) electrons. The van der Waals surface area contributed by atoms with E-state index in [1.165, 1.54) is 0 Å². The highest BCUT2D eigenvalue weighted by molar-refractivity contribution is 5.72. The van der Waals surface area contributed by atoms with Crippen LogP contribution in [0.5, 0.6) is 0 Å². The molecule has 5 rings (SSSR count). The van der Waals surface area contributed by atoms with E-state index in [0.717, 1.165) is 30.2 Å². The van der Waals surface area contributed by atoms with Gasteiger partial charge < -0.3 is 14.7 Å². The number of hydrogen-bond acceptors (Lipinski definition) is 9. The van der Waals surface area contributed by atoms with E-state index in [1.54, 1.807) is 12.4 Å². The number of aliphatic hydroxyl groups is 1. The molecule has 4 aromatic rings. The van der Waals surface area contributed by atoms with Crippen molar-refractivity contribution in [1.82, 2.24) is 40.0 Å². The van der Waals surface area contributed by atoms with Crippen LogP contribution < -0.4 is 4.90 Å². The topological polar surface area (TPSA) is 130 Å². The van der Waals surface area contributed by atoms with Crippen LogP contribution >= 0.6 is 0 Å². The van der Waals surface area contributed by atoms with Crippen molar-refractivity contribution in [2.75, 3.05) is 31.2 Å². The number of nitrogens with zero attached hydrogens (tertiary/aromatic N) is 8. The highest BCUT2D eigenvalue weighted by atomic mass is 16.5. The molecule has 0 aromatic carbocycles. The molecule has 11 heteroatoms. The predicted molar refractivity (Wildman–Crippen MR) is 98.3 cm³/mol. The average molecular weight is 379 g/mol. The largest absolute Gasteiger partial charge is 0.390 e. The van der Waals surface area contributed by atoms with Gasteiger partial charge in [-0.1, -0.05) is 0 Å². The maximum Gasteiger partial charge on any atom is 0.222 e. The number of aromatic amines is 1. The quantitative estimate of drug-likeness (QED) is 0.514. The molecule has 0 saturated carbocycles. The summed E-state index contributed by atoms with van der Waals surface area (Å²) in [7, 11) is 0. The van der Waals surface area contributed by atoms with Gasteiger partial charge in [-0.15, -0.1) is 10.2 Å². The number of aromatic nitrogens is 8. The van der Waals surface area contributed by atoms with Gasteiger partial charge in [0, 0.05) is 31.0 Å². The molecule has 1 aliphatic heterocycles. The minimum atomic E-state index is -0.140. The van der Waals surface area contributed by atoms with Gasteiger partial charge >= 0.3 is 0 Å². The van der Waals surface area contributed by atoms with Crippen molar-refractivity contribution >= 4 is 11.5 Å². The van der Waals surface area contributed by atoms with E-state index in [0.29, 0.717) is 36.1 Å². The van der Waals surface area contributed by atoms with Crippen molar-refractivity contribution in [3.63, 3.8) is 0 Å². The lowest BCUT2D eigenvalue weighted by Gasteiger charge is -2.28. The highest BCUT2D eigenvalue weighted by Crippen LogP contribution is 2.27. The minimum absolute atomic E-state index is 0.140. The van der Waals surface area contributed by atoms with Crippen LogP contribution in [-0.2, 0) is 11.3 Å². The molecule has 28 heavy (non-hydrogen) atoms. The summed E-state index contributed by atoms with van der Waals surface area (Å²) >= 11 is 0. The van der Waals surface area contributed by atoms with Gasteiger partial charge in [-0.2, -0.15) is 5.21 Å². The monoisotopic (exact) mass is 379 g/mol. The van der Waals surface area contributed by atoms with Gasteiger partial charge in [-0.25, -0.2) is 9.97 Å². The predicted octanol–water partition coefficient (Wildman–Crippen LogP) is 0.300. The van der Waals surface area contributed by atoms with Crippen LogP contribution in [0.3, 0.4) is 0 Å². The number of H-pyrrole nitrogens is 1. The molecule has 0 atom stereocenters. The smallest absolute Gasteiger partial charge is 0.222 e. The first kappa shape index (κ1) is 16.7. The van der Waals surface area contributed by atoms with Gasteiger partial charge in [0.2, 0.25) is 5.82 Å². The van der Waals surface area contributed by atoms with E-state index in [-0.39, 0.29) is 6.61 Å². The van der Waals surface area contributed by atoms with Crippen LogP contribution in [-0.4, -0.2) is 71.4 Å². The standard InChI is InChI=1S/C17H17N9O2/c27-10-12-9-26-14(11-1-2-13(18-7-11)15-21-23-24-22-15)8-19-16(17(26)20-12)25-3-5-28-6-4-25/h1-2,7-9,27H,3-6,10H2,(H,21,22,23,24). The third-order valence-electron chi connectivity index (χ3n) is 4.63. The Labute approximate surface area is 159 Å². The fourth-order valence-corrected chi connectivity index (χ4v) is 3.25. The maximum atomic E-state index is 9.58. The van der Waals surface area contributed by atoms with Gasteiger partial charge in [0.05, 0.1) is 37.4 Å². The normalized spacial score (nSPS) is 14.7. The summed E-state index contributed by atoms with van der Waals surface area (Å²) in [5.74, 6) is 1.21. The zero-order valence-corrected chi connectivity index (χ0v) is 14.9. The molecule has 2 N–H and O–H groups in total. The third kappa shape index (κ3) is 2.86. The molecule has 142 valence electrons. The molecule has 0 bridgehead atoms. The number of ether oxygens (including phenoxy) is 1. The number of fused-ring (bicyclic) bond motifs is 1. The lowest BCUT2D eigenvalue weighted by atomic mass is 10.2. The summed E-state index contributed by atoms with van der Waals surface area (Å²) in [5, 5.41) is 23.4. The fourth-order valence-electron chi connectivity index (χ4n) is 3.25. The van der Waals surface area contributed by atoms with Crippen molar-refractivity contribution < 1.29 is 9.84 Å². The van der Waals surface area contributed by atoms with E-state index in [1.807, 2.05) is 22.7 Å². The third-order valence-corrected chi connectivity index (χ3v) is 4.63. The van der Waals surface area contributed by atoms with Crippen LogP contribution in [0.2, 0.25) is 0 Å². The number of nitrogens with one attached hydrogen (secondary N) is 1. The van der Waals surface area contributed by atoms with Crippen LogP contribution in [0.15, 0.2) is 30.7 Å². The summed E-state index contributed by atoms with van der Waals surface area (Å²) in [6, 6.07) is 3.74. The first-order valence-electron chi connectivity index (χ1n) is 8.84. The van der Waals surface area contributed by atoms with Gasteiger partial charge in [-0.3, -0.25) is 9.38 Å². The molecular weight excluding hydrogens is 362 g/mol. The van der Waals surface area contributed by atoms with Gasteiger partial charge in [-0.05, 0) is 17.3 Å². The second kappa shape index (κ2) is 6.94. The first-order chi connectivity index (χ1) is 13.8. The summed E-state index contributed by atoms with van der Waals surface area (Å²) in [4.78, 5) is 15.8. The summed E-state index contributed by atoms with van der Waals surface area (Å²) < 4.78 is 7.37. The molecule has 0 amide bonds. The fraction of sp³-hybridized carbons (Fsp3) is 0.294. The molecule has 11 nitrogen and oxygen atoms in total. The van der Waals surface area contributed by atoms with Gasteiger partial charge in [0.15, 0.2) is 11.5 Å². The molecule has 4 aromatic heterocycles. The molecule has 0 aliphatic carbocycles. The molecule has 1 fully saturated rings. The Balaban J connectivity index is 1.59. The second-order valence-electron chi connectivity index (χ2n) is 6.32. The lowest BCUT2D eigenvalue weighted by Crippen LogP contribution is -2.37. The van der Waals surface area contributed by atoms with Crippen molar-refractivity contribution in [2.24, 2.45) is 0 Å². The Morgan fingerprint density at radius 2 is 2.04 bits per heavy atom. The van der Waals surface area contributed by atoms with Crippen molar-refractivity contribution in [2.45, 2.75) is 6.61 Å². The van der Waals surface area contributed by atoms with Crippen molar-refractivity contribution in [3.05, 3.63) is 36.4 Å².